The van der Waals surface area contributed by atoms with Crippen molar-refractivity contribution in [2.75, 3.05) is 12.8 Å². The number of rotatable bonds is 12. The van der Waals surface area contributed by atoms with Crippen LogP contribution in [-0.2, 0) is 11.2 Å². The number of aromatic nitrogens is 1. The Kier molecular flexibility index (Phi) is 8.05. The van der Waals surface area contributed by atoms with Gasteiger partial charge in [-0.3, -0.25) is 15.1 Å². The van der Waals surface area contributed by atoms with E-state index in [2.05, 4.69) is 15.6 Å². The maximum absolute atomic E-state index is 14.8. The Labute approximate surface area is 199 Å². The molecule has 1 aromatic carbocycles. The number of hydrogen-bond donors (Lipinski definition) is 2. The largest absolute Gasteiger partial charge is 0.432 e. The second-order valence-electron chi connectivity index (χ2n) is 8.13. The van der Waals surface area contributed by atoms with Crippen LogP contribution in [0.5, 0.6) is 5.75 Å². The lowest BCUT2D eigenvalue weighted by Gasteiger charge is -2.27. The highest BCUT2D eigenvalue weighted by atomic mass is 32.2. The number of amides is 1. The van der Waals surface area contributed by atoms with Crippen LogP contribution in [0.1, 0.15) is 24.8 Å². The number of pyridine rings is 1. The standard InChI is InChI=1S/C23H24F4N4O2S/c1-34-18-6-4-17(5-7-18)33-23(26,27)15-30-19(20(32)31-21(14-28)8-9-21)12-22(24,25)11-16-3-2-10-29-13-16/h2-7,10,13,19,30H,8-9,11-12,15H2,1H3,(H,31,32)/t19-/m0/s1. The SMILES string of the molecule is CSc1ccc(OC(F)(F)CN[C@@H](CC(F)(F)Cc2cccnc2)C(=O)NC2(C#N)CC2)cc1. The van der Waals surface area contributed by atoms with E-state index in [-0.39, 0.29) is 11.3 Å². The third-order valence-corrected chi connectivity index (χ3v) is 5.96. The molecule has 3 rings (SSSR count). The van der Waals surface area contributed by atoms with Gasteiger partial charge in [-0.15, -0.1) is 11.8 Å². The molecule has 1 atom stereocenters. The van der Waals surface area contributed by atoms with Gasteiger partial charge in [0.1, 0.15) is 17.8 Å². The summed E-state index contributed by atoms with van der Waals surface area (Å²) in [6.07, 6.45) is -0.244. The molecule has 1 aliphatic carbocycles. The monoisotopic (exact) mass is 496 g/mol. The number of alkyl halides is 4. The van der Waals surface area contributed by atoms with Crippen LogP contribution in [0.2, 0.25) is 0 Å². The topological polar surface area (TPSA) is 87.0 Å². The molecule has 182 valence electrons. The van der Waals surface area contributed by atoms with Crippen molar-refractivity contribution in [1.29, 1.82) is 5.26 Å². The Morgan fingerprint density at radius 2 is 1.97 bits per heavy atom. The van der Waals surface area contributed by atoms with E-state index >= 15 is 0 Å². The van der Waals surface area contributed by atoms with Gasteiger partial charge in [0.2, 0.25) is 5.91 Å². The van der Waals surface area contributed by atoms with Crippen molar-refractivity contribution in [1.82, 2.24) is 15.6 Å². The number of nitrogens with one attached hydrogen (secondary N) is 2. The molecule has 0 unspecified atom stereocenters. The second kappa shape index (κ2) is 10.6. The number of ether oxygens (including phenoxy) is 1. The highest BCUT2D eigenvalue weighted by Crippen LogP contribution is 2.35. The molecular formula is C23H24F4N4O2S. The number of hydrogen-bond acceptors (Lipinski definition) is 6. The maximum atomic E-state index is 14.8. The number of carbonyl (C=O) groups excluding carboxylic acids is 1. The molecule has 0 spiro atoms. The predicted octanol–water partition coefficient (Wildman–Crippen LogP) is 4.17. The van der Waals surface area contributed by atoms with Gasteiger partial charge in [0.05, 0.1) is 12.1 Å². The number of nitrogens with zero attached hydrogens (tertiary/aromatic N) is 2. The van der Waals surface area contributed by atoms with E-state index in [0.29, 0.717) is 12.8 Å². The molecule has 0 aliphatic heterocycles. The Balaban J connectivity index is 1.68. The maximum Gasteiger partial charge on any atom is 0.410 e. The van der Waals surface area contributed by atoms with Crippen molar-refractivity contribution in [3.63, 3.8) is 0 Å². The normalized spacial score (nSPS) is 15.8. The van der Waals surface area contributed by atoms with Crippen molar-refractivity contribution >= 4 is 17.7 Å². The summed E-state index contributed by atoms with van der Waals surface area (Å²) in [5.41, 5.74) is -0.891. The summed E-state index contributed by atoms with van der Waals surface area (Å²) in [6.45, 7) is -1.18. The average molecular weight is 497 g/mol. The van der Waals surface area contributed by atoms with Crippen molar-refractivity contribution in [3.8, 4) is 11.8 Å². The number of thioether (sulfide) groups is 1. The van der Waals surface area contributed by atoms with Gasteiger partial charge in [-0.05, 0) is 55.0 Å². The van der Waals surface area contributed by atoms with Crippen LogP contribution in [0.25, 0.3) is 0 Å². The predicted molar refractivity (Wildman–Crippen MR) is 119 cm³/mol. The van der Waals surface area contributed by atoms with Crippen LogP contribution in [0.3, 0.4) is 0 Å². The van der Waals surface area contributed by atoms with Crippen LogP contribution >= 0.6 is 11.8 Å². The Morgan fingerprint density at radius 1 is 1.26 bits per heavy atom. The fourth-order valence-electron chi connectivity index (χ4n) is 3.24. The molecule has 1 fully saturated rings. The van der Waals surface area contributed by atoms with Crippen molar-refractivity contribution < 1.29 is 27.1 Å². The molecule has 0 radical (unpaired) electrons. The van der Waals surface area contributed by atoms with Gasteiger partial charge in [0, 0.05) is 30.1 Å². The third kappa shape index (κ3) is 7.60. The van der Waals surface area contributed by atoms with Crippen LogP contribution in [0.4, 0.5) is 17.6 Å². The van der Waals surface area contributed by atoms with E-state index in [1.807, 2.05) is 12.3 Å². The van der Waals surface area contributed by atoms with E-state index in [1.165, 1.54) is 48.4 Å². The number of nitriles is 1. The third-order valence-electron chi connectivity index (χ3n) is 5.21. The van der Waals surface area contributed by atoms with Crippen LogP contribution in [0, 0.1) is 11.3 Å². The molecule has 0 saturated heterocycles. The summed E-state index contributed by atoms with van der Waals surface area (Å²) in [4.78, 5) is 17.3. The summed E-state index contributed by atoms with van der Waals surface area (Å²) in [5, 5.41) is 13.8. The molecule has 11 heteroatoms. The lowest BCUT2D eigenvalue weighted by atomic mass is 10.0. The van der Waals surface area contributed by atoms with Crippen LogP contribution < -0.4 is 15.4 Å². The lowest BCUT2D eigenvalue weighted by molar-refractivity contribution is -0.174. The minimum Gasteiger partial charge on any atom is -0.432 e. The van der Waals surface area contributed by atoms with E-state index in [0.717, 1.165) is 4.90 Å². The minimum atomic E-state index is -3.77. The smallest absolute Gasteiger partial charge is 0.410 e. The molecule has 1 amide bonds. The summed E-state index contributed by atoms with van der Waals surface area (Å²) in [5.74, 6) is -4.44. The van der Waals surface area contributed by atoms with Crippen molar-refractivity contribution in [2.45, 2.75) is 54.2 Å². The molecule has 1 aliphatic rings. The van der Waals surface area contributed by atoms with Crippen LogP contribution in [0.15, 0.2) is 53.7 Å². The van der Waals surface area contributed by atoms with Gasteiger partial charge < -0.3 is 10.1 Å². The van der Waals surface area contributed by atoms with E-state index in [1.54, 1.807) is 12.1 Å². The van der Waals surface area contributed by atoms with Crippen LogP contribution in [-0.4, -0.2) is 47.3 Å². The zero-order valence-corrected chi connectivity index (χ0v) is 19.2. The summed E-state index contributed by atoms with van der Waals surface area (Å²) in [7, 11) is 0. The van der Waals surface area contributed by atoms with Gasteiger partial charge >= 0.3 is 6.11 Å². The molecular weight excluding hydrogens is 472 g/mol. The zero-order chi connectivity index (χ0) is 24.8. The first-order chi connectivity index (χ1) is 16.1. The highest BCUT2D eigenvalue weighted by molar-refractivity contribution is 7.98. The molecule has 2 aromatic rings. The molecule has 1 saturated carbocycles. The molecule has 0 bridgehead atoms. The van der Waals surface area contributed by atoms with Gasteiger partial charge in [0.25, 0.3) is 5.92 Å². The van der Waals surface area contributed by atoms with E-state index in [4.69, 9.17) is 4.74 Å². The minimum absolute atomic E-state index is 0.103. The van der Waals surface area contributed by atoms with Crippen molar-refractivity contribution in [3.05, 3.63) is 54.4 Å². The second-order valence-corrected chi connectivity index (χ2v) is 9.01. The first kappa shape index (κ1) is 25.8. The first-order valence-electron chi connectivity index (χ1n) is 10.5. The summed E-state index contributed by atoms with van der Waals surface area (Å²) < 4.78 is 63.1. The number of halogens is 4. The van der Waals surface area contributed by atoms with E-state index in [9.17, 15) is 27.6 Å². The Morgan fingerprint density at radius 3 is 2.53 bits per heavy atom. The fourth-order valence-corrected chi connectivity index (χ4v) is 3.64. The van der Waals surface area contributed by atoms with E-state index < -0.39 is 48.9 Å². The lowest BCUT2D eigenvalue weighted by Crippen LogP contribution is -2.53. The zero-order valence-electron chi connectivity index (χ0n) is 18.4. The van der Waals surface area contributed by atoms with Crippen molar-refractivity contribution in [2.24, 2.45) is 0 Å². The van der Waals surface area contributed by atoms with Gasteiger partial charge in [-0.2, -0.15) is 14.0 Å². The van der Waals surface area contributed by atoms with Gasteiger partial charge in [-0.1, -0.05) is 6.07 Å². The first-order valence-corrected chi connectivity index (χ1v) is 11.7. The Bertz CT molecular complexity index is 1010. The molecule has 1 aromatic heterocycles. The summed E-state index contributed by atoms with van der Waals surface area (Å²) >= 11 is 1.43. The Hall–Kier alpha value is -2.84. The molecule has 34 heavy (non-hydrogen) atoms. The van der Waals surface area contributed by atoms with Gasteiger partial charge in [0.15, 0.2) is 0 Å². The average Bonchev–Trinajstić information content (AvgIpc) is 3.57. The highest BCUT2D eigenvalue weighted by Gasteiger charge is 2.47. The molecule has 1 heterocycles. The number of carbonyl (C=O) groups is 1. The fraction of sp³-hybridized carbons (Fsp3) is 0.435. The summed E-state index contributed by atoms with van der Waals surface area (Å²) in [6, 6.07) is 9.17. The number of benzene rings is 1. The molecule has 6 nitrogen and oxygen atoms in total. The quantitative estimate of drug-likeness (QED) is 0.339. The molecule has 2 N–H and O–H groups in total. The van der Waals surface area contributed by atoms with Gasteiger partial charge in [-0.25, -0.2) is 8.78 Å².